The van der Waals surface area contributed by atoms with Crippen molar-refractivity contribution in [1.82, 2.24) is 18.8 Å². The van der Waals surface area contributed by atoms with Crippen LogP contribution in [0.1, 0.15) is 69.2 Å². The summed E-state index contributed by atoms with van der Waals surface area (Å²) in [6, 6.07) is 12.7. The zero-order chi connectivity index (χ0) is 31.0. The van der Waals surface area contributed by atoms with E-state index >= 15 is 0 Å². The van der Waals surface area contributed by atoms with Crippen LogP contribution in [0, 0.1) is 18.6 Å². The molecule has 236 valence electrons. The Balaban J connectivity index is 1.10. The van der Waals surface area contributed by atoms with Crippen molar-refractivity contribution >= 4 is 28.4 Å². The van der Waals surface area contributed by atoms with E-state index in [9.17, 15) is 17.8 Å². The Morgan fingerprint density at radius 3 is 2.30 bits per heavy atom. The van der Waals surface area contributed by atoms with E-state index in [2.05, 4.69) is 26.0 Å². The van der Waals surface area contributed by atoms with Gasteiger partial charge in [-0.2, -0.15) is 0 Å². The topological polar surface area (TPSA) is 73.7 Å². The van der Waals surface area contributed by atoms with Crippen LogP contribution in [-0.2, 0) is 24.0 Å². The molecule has 2 saturated heterocycles. The molecule has 2 fully saturated rings. The number of aromatic nitrogens is 2. The van der Waals surface area contributed by atoms with Gasteiger partial charge in [-0.15, -0.1) is 0 Å². The van der Waals surface area contributed by atoms with E-state index in [1.54, 1.807) is 17.0 Å². The number of halogens is 2. The SMILES string of the molecule is Cc1nc2c(n1C1C[C@H]3CC[C@@H](C1)N3CCCN(C(=O)Nc1ccc(F)cc1)c1ccc(F)cc1)CCN(S(=O)C(C)C)C2. The molecule has 8 nitrogen and oxygen atoms in total. The Morgan fingerprint density at radius 1 is 1.02 bits per heavy atom. The number of amides is 2. The summed E-state index contributed by atoms with van der Waals surface area (Å²) in [6.07, 6.45) is 6.15. The minimum Gasteiger partial charge on any atom is -0.329 e. The fourth-order valence-electron chi connectivity index (χ4n) is 7.38. The van der Waals surface area contributed by atoms with Crippen molar-refractivity contribution in [3.05, 3.63) is 77.4 Å². The van der Waals surface area contributed by atoms with Crippen LogP contribution in [0.2, 0.25) is 0 Å². The van der Waals surface area contributed by atoms with Gasteiger partial charge in [0.2, 0.25) is 0 Å². The maximum Gasteiger partial charge on any atom is 0.326 e. The van der Waals surface area contributed by atoms with Gasteiger partial charge < -0.3 is 9.88 Å². The Labute approximate surface area is 261 Å². The predicted molar refractivity (Wildman–Crippen MR) is 170 cm³/mol. The zero-order valence-electron chi connectivity index (χ0n) is 25.7. The smallest absolute Gasteiger partial charge is 0.326 e. The fraction of sp³-hybridized carbons (Fsp3) is 0.515. The van der Waals surface area contributed by atoms with Gasteiger partial charge in [0.05, 0.1) is 23.2 Å². The number of anilines is 2. The molecule has 2 unspecified atom stereocenters. The van der Waals surface area contributed by atoms with Crippen LogP contribution in [0.15, 0.2) is 48.5 Å². The number of carbonyl (C=O) groups is 1. The van der Waals surface area contributed by atoms with E-state index in [1.165, 1.54) is 54.9 Å². The summed E-state index contributed by atoms with van der Waals surface area (Å²) in [5, 5.41) is 2.95. The number of fused-ring (bicyclic) bond motifs is 3. The second-order valence-corrected chi connectivity index (χ2v) is 14.5. The van der Waals surface area contributed by atoms with Gasteiger partial charge >= 0.3 is 6.03 Å². The first-order valence-corrected chi connectivity index (χ1v) is 16.9. The molecule has 6 rings (SSSR count). The molecule has 44 heavy (non-hydrogen) atoms. The van der Waals surface area contributed by atoms with Crippen molar-refractivity contribution in [3.63, 3.8) is 0 Å². The Bertz CT molecular complexity index is 1480. The molecule has 0 aliphatic carbocycles. The molecule has 3 aliphatic rings. The van der Waals surface area contributed by atoms with Crippen LogP contribution < -0.4 is 10.2 Å². The van der Waals surface area contributed by atoms with Crippen LogP contribution in [0.25, 0.3) is 0 Å². The molecule has 4 heterocycles. The van der Waals surface area contributed by atoms with Gasteiger partial charge in [-0.05, 0) is 101 Å². The molecule has 0 saturated carbocycles. The fourth-order valence-corrected chi connectivity index (χ4v) is 8.50. The summed E-state index contributed by atoms with van der Waals surface area (Å²) in [5.41, 5.74) is 3.52. The summed E-state index contributed by atoms with van der Waals surface area (Å²) >= 11 is 0. The Kier molecular flexibility index (Phi) is 9.16. The monoisotopic (exact) mass is 624 g/mol. The summed E-state index contributed by atoms with van der Waals surface area (Å²) in [6.45, 7) is 8.91. The van der Waals surface area contributed by atoms with Crippen molar-refractivity contribution in [2.24, 2.45) is 0 Å². The van der Waals surface area contributed by atoms with Crippen molar-refractivity contribution < 1.29 is 17.8 Å². The van der Waals surface area contributed by atoms with Gasteiger partial charge in [0.25, 0.3) is 0 Å². The number of nitrogens with one attached hydrogen (secondary N) is 1. The van der Waals surface area contributed by atoms with Crippen molar-refractivity contribution in [3.8, 4) is 0 Å². The number of benzene rings is 2. The van der Waals surface area contributed by atoms with Crippen LogP contribution in [0.4, 0.5) is 25.0 Å². The molecule has 2 bridgehead atoms. The third-order valence-corrected chi connectivity index (χ3v) is 11.0. The highest BCUT2D eigenvalue weighted by molar-refractivity contribution is 7.83. The third kappa shape index (κ3) is 6.46. The first-order valence-electron chi connectivity index (χ1n) is 15.8. The van der Waals surface area contributed by atoms with Crippen LogP contribution >= 0.6 is 0 Å². The van der Waals surface area contributed by atoms with E-state index < -0.39 is 11.0 Å². The number of urea groups is 1. The van der Waals surface area contributed by atoms with Crippen molar-refractivity contribution in [1.29, 1.82) is 0 Å². The van der Waals surface area contributed by atoms with Gasteiger partial charge in [-0.1, -0.05) is 0 Å². The number of hydrogen-bond donors (Lipinski definition) is 1. The quantitative estimate of drug-likeness (QED) is 0.308. The first kappa shape index (κ1) is 30.9. The number of carbonyl (C=O) groups excluding carboxylic acids is 1. The van der Waals surface area contributed by atoms with Gasteiger partial charge in [0.15, 0.2) is 0 Å². The van der Waals surface area contributed by atoms with E-state index in [4.69, 9.17) is 4.98 Å². The van der Waals surface area contributed by atoms with E-state index in [1.807, 2.05) is 13.8 Å². The Hall–Kier alpha value is -3.15. The third-order valence-electron chi connectivity index (χ3n) is 9.35. The summed E-state index contributed by atoms with van der Waals surface area (Å²) in [4.78, 5) is 22.5. The van der Waals surface area contributed by atoms with E-state index in [0.29, 0.717) is 42.6 Å². The van der Waals surface area contributed by atoms with Crippen LogP contribution in [0.3, 0.4) is 0 Å². The lowest BCUT2D eigenvalue weighted by Crippen LogP contribution is -2.45. The number of hydrogen-bond acceptors (Lipinski definition) is 4. The number of aryl methyl sites for hydroxylation is 1. The molecule has 11 heteroatoms. The van der Waals surface area contributed by atoms with E-state index in [0.717, 1.165) is 50.3 Å². The molecule has 1 aromatic heterocycles. The minimum absolute atomic E-state index is 0.103. The highest BCUT2D eigenvalue weighted by Crippen LogP contribution is 2.42. The van der Waals surface area contributed by atoms with Gasteiger partial charge in [-0.25, -0.2) is 27.1 Å². The summed E-state index contributed by atoms with van der Waals surface area (Å²) in [7, 11) is -0.990. The largest absolute Gasteiger partial charge is 0.329 e. The molecule has 0 spiro atoms. The normalized spacial score (nSPS) is 22.6. The standard InChI is InChI=1S/C33H42F2N6O2S/c1-22(2)44(43)38-18-15-32-31(21-38)36-23(3)41(32)30-19-28-13-14-29(20-30)39(28)16-4-17-40(27-11-7-25(35)8-12-27)33(42)37-26-9-5-24(34)6-10-26/h5-12,22,28-30H,4,13-21H2,1-3H3,(H,37,42)/t28-,29+,30?,44?. The lowest BCUT2D eigenvalue weighted by Gasteiger charge is -2.41. The summed E-state index contributed by atoms with van der Waals surface area (Å²) in [5.74, 6) is 0.335. The molecular formula is C33H42F2N6O2S. The number of imidazole rings is 1. The van der Waals surface area contributed by atoms with Gasteiger partial charge in [0, 0.05) is 66.5 Å². The summed E-state index contributed by atoms with van der Waals surface area (Å²) < 4.78 is 44.3. The average Bonchev–Trinajstić information content (AvgIpc) is 3.45. The molecule has 0 radical (unpaired) electrons. The maximum atomic E-state index is 13.7. The zero-order valence-corrected chi connectivity index (χ0v) is 26.5. The van der Waals surface area contributed by atoms with Crippen LogP contribution in [0.5, 0.6) is 0 Å². The predicted octanol–water partition coefficient (Wildman–Crippen LogP) is 6.20. The molecule has 2 aromatic carbocycles. The van der Waals surface area contributed by atoms with E-state index in [-0.39, 0.29) is 22.9 Å². The van der Waals surface area contributed by atoms with Crippen molar-refractivity contribution in [2.75, 3.05) is 29.9 Å². The second-order valence-electron chi connectivity index (χ2n) is 12.5. The highest BCUT2D eigenvalue weighted by atomic mass is 32.2. The number of rotatable bonds is 9. The van der Waals surface area contributed by atoms with Crippen molar-refractivity contribution in [2.45, 2.75) is 89.2 Å². The molecule has 3 aliphatic heterocycles. The highest BCUT2D eigenvalue weighted by Gasteiger charge is 2.42. The maximum absolute atomic E-state index is 13.7. The second kappa shape index (κ2) is 13.1. The lowest BCUT2D eigenvalue weighted by atomic mass is 9.96. The molecule has 3 aromatic rings. The lowest BCUT2D eigenvalue weighted by molar-refractivity contribution is 0.104. The molecular weight excluding hydrogens is 582 g/mol. The minimum atomic E-state index is -0.990. The average molecular weight is 625 g/mol. The Morgan fingerprint density at radius 2 is 1.66 bits per heavy atom. The molecule has 1 N–H and O–H groups in total. The molecule has 2 amide bonds. The van der Waals surface area contributed by atoms with Gasteiger partial charge in [0.1, 0.15) is 17.5 Å². The first-order chi connectivity index (χ1) is 21.2. The number of nitrogens with zero attached hydrogens (tertiary/aromatic N) is 5. The molecule has 4 atom stereocenters. The number of piperidine rings is 1. The van der Waals surface area contributed by atoms with Crippen LogP contribution in [-0.4, -0.2) is 66.0 Å². The van der Waals surface area contributed by atoms with Gasteiger partial charge in [-0.3, -0.25) is 9.80 Å².